The minimum absolute atomic E-state index is 0.468. The lowest BCUT2D eigenvalue weighted by Crippen LogP contribution is -2.21. The molecule has 0 saturated heterocycles. The van der Waals surface area contributed by atoms with Crippen molar-refractivity contribution in [3.8, 4) is 0 Å². The van der Waals surface area contributed by atoms with E-state index in [1.807, 2.05) is 11.8 Å². The molecule has 1 unspecified atom stereocenters. The molecule has 1 heterocycles. The smallest absolute Gasteiger partial charge is 0.157 e. The zero-order valence-electron chi connectivity index (χ0n) is 12.3. The maximum atomic E-state index is 5.56. The van der Waals surface area contributed by atoms with E-state index in [1.54, 1.807) is 0 Å². The monoisotopic (exact) mass is 292 g/mol. The van der Waals surface area contributed by atoms with E-state index in [-0.39, 0.29) is 0 Å². The zero-order valence-corrected chi connectivity index (χ0v) is 13.2. The molecule has 110 valence electrons. The summed E-state index contributed by atoms with van der Waals surface area (Å²) in [6.07, 6.45) is 1.03. The molecule has 1 aliphatic heterocycles. The standard InChI is InChI=1S/C16H24N2OS/c1-13(2)12-19-10-6-9-17-16-18-11-15(20-16)14-7-4-3-5-8-14/h3-5,7-8,13,15H,6,9-12H2,1-2H3,(H,17,18). The molecule has 0 spiro atoms. The first-order valence-electron chi connectivity index (χ1n) is 7.33. The summed E-state index contributed by atoms with van der Waals surface area (Å²) in [5.74, 6) is 0.615. The van der Waals surface area contributed by atoms with Gasteiger partial charge < -0.3 is 10.1 Å². The number of ether oxygens (including phenoxy) is 1. The molecule has 0 aliphatic carbocycles. The molecule has 0 saturated carbocycles. The normalized spacial score (nSPS) is 18.4. The number of amidine groups is 1. The van der Waals surface area contributed by atoms with E-state index in [9.17, 15) is 0 Å². The van der Waals surface area contributed by atoms with Crippen molar-refractivity contribution in [2.24, 2.45) is 10.9 Å². The lowest BCUT2D eigenvalue weighted by Gasteiger charge is -2.10. The molecule has 0 amide bonds. The average Bonchev–Trinajstić information content (AvgIpc) is 2.92. The number of nitrogens with zero attached hydrogens (tertiary/aromatic N) is 1. The Balaban J connectivity index is 1.59. The van der Waals surface area contributed by atoms with Gasteiger partial charge in [-0.25, -0.2) is 0 Å². The molecule has 1 aromatic carbocycles. The van der Waals surface area contributed by atoms with Crippen LogP contribution >= 0.6 is 11.8 Å². The number of benzene rings is 1. The molecule has 20 heavy (non-hydrogen) atoms. The summed E-state index contributed by atoms with van der Waals surface area (Å²) >= 11 is 1.83. The zero-order chi connectivity index (χ0) is 14.2. The summed E-state index contributed by atoms with van der Waals surface area (Å²) in [4.78, 5) is 4.57. The van der Waals surface area contributed by atoms with Crippen molar-refractivity contribution in [3.63, 3.8) is 0 Å². The maximum Gasteiger partial charge on any atom is 0.157 e. The van der Waals surface area contributed by atoms with Crippen molar-refractivity contribution >= 4 is 16.9 Å². The Kier molecular flexibility index (Phi) is 6.40. The predicted molar refractivity (Wildman–Crippen MR) is 87.4 cm³/mol. The fourth-order valence-electron chi connectivity index (χ4n) is 2.00. The second-order valence-corrected chi connectivity index (χ2v) is 6.60. The highest BCUT2D eigenvalue weighted by molar-refractivity contribution is 8.14. The van der Waals surface area contributed by atoms with Crippen molar-refractivity contribution in [2.45, 2.75) is 25.5 Å². The number of thioether (sulfide) groups is 1. The van der Waals surface area contributed by atoms with Crippen LogP contribution in [-0.4, -0.2) is 31.5 Å². The molecule has 1 aliphatic rings. The Morgan fingerprint density at radius 3 is 2.90 bits per heavy atom. The number of aliphatic imine (C=N–C) groups is 1. The predicted octanol–water partition coefficient (Wildman–Crippen LogP) is 3.48. The summed E-state index contributed by atoms with van der Waals surface area (Å²) < 4.78 is 5.56. The fourth-order valence-corrected chi connectivity index (χ4v) is 3.05. The second kappa shape index (κ2) is 8.32. The average molecular weight is 292 g/mol. The maximum absolute atomic E-state index is 5.56. The molecule has 3 nitrogen and oxygen atoms in total. The van der Waals surface area contributed by atoms with Gasteiger partial charge in [0, 0.05) is 19.8 Å². The number of nitrogens with one attached hydrogen (secondary N) is 1. The first kappa shape index (κ1) is 15.4. The molecule has 1 aromatic rings. The topological polar surface area (TPSA) is 33.6 Å². The number of hydrogen-bond acceptors (Lipinski definition) is 4. The fraction of sp³-hybridized carbons (Fsp3) is 0.562. The minimum atomic E-state index is 0.468. The molecule has 1 N–H and O–H groups in total. The first-order chi connectivity index (χ1) is 9.75. The largest absolute Gasteiger partial charge is 0.381 e. The van der Waals surface area contributed by atoms with Gasteiger partial charge in [0.25, 0.3) is 0 Å². The second-order valence-electron chi connectivity index (χ2n) is 5.41. The molecule has 0 bridgehead atoms. The van der Waals surface area contributed by atoms with Crippen LogP contribution in [0.5, 0.6) is 0 Å². The van der Waals surface area contributed by atoms with Gasteiger partial charge >= 0.3 is 0 Å². The summed E-state index contributed by atoms with van der Waals surface area (Å²) in [7, 11) is 0. The van der Waals surface area contributed by atoms with Gasteiger partial charge in [-0.1, -0.05) is 55.9 Å². The van der Waals surface area contributed by atoms with Crippen molar-refractivity contribution in [1.29, 1.82) is 0 Å². The summed E-state index contributed by atoms with van der Waals surface area (Å²) in [5.41, 5.74) is 1.36. The van der Waals surface area contributed by atoms with E-state index < -0.39 is 0 Å². The molecule has 2 rings (SSSR count). The van der Waals surface area contributed by atoms with E-state index in [2.05, 4.69) is 54.5 Å². The van der Waals surface area contributed by atoms with Crippen molar-refractivity contribution in [3.05, 3.63) is 35.9 Å². The Bertz CT molecular complexity index is 420. The van der Waals surface area contributed by atoms with Crippen LogP contribution in [0.15, 0.2) is 35.3 Å². The summed E-state index contributed by atoms with van der Waals surface area (Å²) in [5, 5.41) is 4.94. The van der Waals surface area contributed by atoms with Gasteiger partial charge in [0.05, 0.1) is 11.8 Å². The molecule has 0 aromatic heterocycles. The Morgan fingerprint density at radius 1 is 1.35 bits per heavy atom. The molecular weight excluding hydrogens is 268 g/mol. The van der Waals surface area contributed by atoms with E-state index in [1.165, 1.54) is 5.56 Å². The van der Waals surface area contributed by atoms with Crippen LogP contribution in [0.2, 0.25) is 0 Å². The molecule has 4 heteroatoms. The Hall–Kier alpha value is -1.00. The van der Waals surface area contributed by atoms with E-state index in [0.29, 0.717) is 11.2 Å². The van der Waals surface area contributed by atoms with Crippen molar-refractivity contribution < 1.29 is 4.74 Å². The van der Waals surface area contributed by atoms with Crippen LogP contribution in [0.1, 0.15) is 31.1 Å². The van der Waals surface area contributed by atoms with E-state index in [0.717, 1.165) is 37.9 Å². The third-order valence-electron chi connectivity index (χ3n) is 3.02. The van der Waals surface area contributed by atoms with Gasteiger partial charge in [0.1, 0.15) is 0 Å². The van der Waals surface area contributed by atoms with Crippen LogP contribution in [0.25, 0.3) is 0 Å². The number of rotatable bonds is 7. The van der Waals surface area contributed by atoms with Gasteiger partial charge in [0.15, 0.2) is 5.17 Å². The minimum Gasteiger partial charge on any atom is -0.381 e. The quantitative estimate of drug-likeness (QED) is 0.781. The lowest BCUT2D eigenvalue weighted by atomic mass is 10.1. The highest BCUT2D eigenvalue weighted by Crippen LogP contribution is 2.33. The lowest BCUT2D eigenvalue weighted by molar-refractivity contribution is 0.108. The van der Waals surface area contributed by atoms with Crippen LogP contribution < -0.4 is 5.32 Å². The van der Waals surface area contributed by atoms with Crippen LogP contribution in [-0.2, 0) is 4.74 Å². The van der Waals surface area contributed by atoms with Crippen LogP contribution in [0, 0.1) is 5.92 Å². The molecule has 1 atom stereocenters. The summed E-state index contributed by atoms with van der Waals surface area (Å²) in [6.45, 7) is 7.83. The highest BCUT2D eigenvalue weighted by Gasteiger charge is 2.20. The van der Waals surface area contributed by atoms with Crippen LogP contribution in [0.4, 0.5) is 0 Å². The van der Waals surface area contributed by atoms with Gasteiger partial charge in [-0.15, -0.1) is 0 Å². The number of hydrogen-bond donors (Lipinski definition) is 1. The van der Waals surface area contributed by atoms with Gasteiger partial charge in [-0.2, -0.15) is 0 Å². The third-order valence-corrected chi connectivity index (χ3v) is 4.22. The molecule has 0 fully saturated rings. The van der Waals surface area contributed by atoms with Crippen molar-refractivity contribution in [2.75, 3.05) is 26.3 Å². The van der Waals surface area contributed by atoms with E-state index in [4.69, 9.17) is 4.74 Å². The molecule has 0 radical (unpaired) electrons. The van der Waals surface area contributed by atoms with Crippen molar-refractivity contribution in [1.82, 2.24) is 5.32 Å². The van der Waals surface area contributed by atoms with Gasteiger partial charge in [-0.05, 0) is 17.9 Å². The highest BCUT2D eigenvalue weighted by atomic mass is 32.2. The van der Waals surface area contributed by atoms with Gasteiger partial charge in [-0.3, -0.25) is 4.99 Å². The Morgan fingerprint density at radius 2 is 2.15 bits per heavy atom. The SMILES string of the molecule is CC(C)COCCCNC1=NCC(c2ccccc2)S1. The van der Waals surface area contributed by atoms with Gasteiger partial charge in [0.2, 0.25) is 0 Å². The molecular formula is C16H24N2OS. The third kappa shape index (κ3) is 5.17. The summed E-state index contributed by atoms with van der Waals surface area (Å²) in [6, 6.07) is 10.6. The first-order valence-corrected chi connectivity index (χ1v) is 8.21. The van der Waals surface area contributed by atoms with Crippen LogP contribution in [0.3, 0.4) is 0 Å². The van der Waals surface area contributed by atoms with E-state index >= 15 is 0 Å². The Labute approximate surface area is 126 Å².